The molecule has 0 N–H and O–H groups in total. The molecule has 1 aliphatic heterocycles. The third kappa shape index (κ3) is 3.42. The van der Waals surface area contributed by atoms with Crippen LogP contribution in [0.15, 0.2) is 48.4 Å². The monoisotopic (exact) mass is 383 g/mol. The molecule has 0 radical (unpaired) electrons. The van der Waals surface area contributed by atoms with Crippen molar-refractivity contribution in [3.8, 4) is 5.75 Å². The summed E-state index contributed by atoms with van der Waals surface area (Å²) in [6.45, 7) is 7.93. The molecule has 1 aromatic carbocycles. The van der Waals surface area contributed by atoms with Crippen LogP contribution in [0.2, 0.25) is 0 Å². The molecule has 2 heterocycles. The lowest BCUT2D eigenvalue weighted by atomic mass is 9.97. The second-order valence-corrected chi connectivity index (χ2v) is 7.40. The number of methoxy groups -OCH3 is 1. The van der Waals surface area contributed by atoms with Crippen LogP contribution >= 0.6 is 11.8 Å². The zero-order chi connectivity index (χ0) is 19.6. The molecule has 1 aromatic heterocycles. The van der Waals surface area contributed by atoms with Gasteiger partial charge in [-0.25, -0.2) is 0 Å². The number of ether oxygens (including phenoxy) is 1. The Morgan fingerprint density at radius 1 is 1.37 bits per heavy atom. The summed E-state index contributed by atoms with van der Waals surface area (Å²) in [5.74, 6) is 0.407. The van der Waals surface area contributed by atoms with Gasteiger partial charge in [0, 0.05) is 10.6 Å². The first kappa shape index (κ1) is 19.0. The van der Waals surface area contributed by atoms with Gasteiger partial charge < -0.3 is 9.53 Å². The maximum Gasteiger partial charge on any atom is 0.277 e. The zero-order valence-corrected chi connectivity index (χ0v) is 16.3. The van der Waals surface area contributed by atoms with Gasteiger partial charge in [-0.3, -0.25) is 14.4 Å². The number of rotatable bonds is 6. The molecule has 0 bridgehead atoms. The normalized spacial score (nSPS) is 19.2. The number of carbonyl (C=O) groups is 2. The standard InChI is InChI=1S/C20H21N3O3S/c1-5-10-27-14(2)17-11-18-19(25)23(15-6-8-16(26-4)9-7-15)20(3,13-24)12-22(18)21-17/h5-11,13H,2,12H2,1,3-4H3/b10-5-. The van der Waals surface area contributed by atoms with E-state index in [9.17, 15) is 9.59 Å². The summed E-state index contributed by atoms with van der Waals surface area (Å²) in [7, 11) is 1.58. The molecule has 27 heavy (non-hydrogen) atoms. The van der Waals surface area contributed by atoms with Crippen molar-refractivity contribution in [2.75, 3.05) is 12.0 Å². The summed E-state index contributed by atoms with van der Waals surface area (Å²) >= 11 is 1.44. The average molecular weight is 383 g/mol. The van der Waals surface area contributed by atoms with Crippen molar-refractivity contribution in [1.82, 2.24) is 9.78 Å². The van der Waals surface area contributed by atoms with Crippen LogP contribution in [0.5, 0.6) is 5.75 Å². The minimum Gasteiger partial charge on any atom is -0.497 e. The Hall–Kier alpha value is -2.80. The maximum absolute atomic E-state index is 13.2. The molecule has 7 heteroatoms. The molecule has 6 nitrogen and oxygen atoms in total. The Balaban J connectivity index is 2.02. The van der Waals surface area contributed by atoms with E-state index < -0.39 is 5.54 Å². The number of carbonyl (C=O) groups excluding carboxylic acids is 2. The van der Waals surface area contributed by atoms with Crippen LogP contribution in [0.25, 0.3) is 4.91 Å². The minimum atomic E-state index is -1.04. The number of anilines is 1. The Morgan fingerprint density at radius 2 is 2.07 bits per heavy atom. The number of hydrogen-bond acceptors (Lipinski definition) is 5. The number of fused-ring (bicyclic) bond motifs is 1. The molecule has 1 unspecified atom stereocenters. The van der Waals surface area contributed by atoms with Gasteiger partial charge in [0.1, 0.15) is 23.3 Å². The van der Waals surface area contributed by atoms with E-state index in [1.807, 2.05) is 18.4 Å². The Morgan fingerprint density at radius 3 is 2.67 bits per heavy atom. The number of nitrogens with zero attached hydrogens (tertiary/aromatic N) is 3. The number of thioether (sulfide) groups is 1. The highest BCUT2D eigenvalue weighted by atomic mass is 32.2. The van der Waals surface area contributed by atoms with Gasteiger partial charge in [-0.15, -0.1) is 0 Å². The van der Waals surface area contributed by atoms with Crippen LogP contribution < -0.4 is 9.64 Å². The SMILES string of the molecule is C=C(S/C=C\C)c1cc2n(n1)CC(C)(C=O)N(c1ccc(OC)cc1)C2=O. The predicted molar refractivity (Wildman–Crippen MR) is 108 cm³/mol. The van der Waals surface area contributed by atoms with E-state index in [1.165, 1.54) is 16.7 Å². The fraction of sp³-hybridized carbons (Fsp3) is 0.250. The molecule has 0 saturated carbocycles. The van der Waals surface area contributed by atoms with Crippen LogP contribution in [-0.4, -0.2) is 34.6 Å². The van der Waals surface area contributed by atoms with Crippen molar-refractivity contribution < 1.29 is 14.3 Å². The molecule has 0 fully saturated rings. The number of amides is 1. The first-order chi connectivity index (χ1) is 12.9. The lowest BCUT2D eigenvalue weighted by Crippen LogP contribution is -2.58. The quantitative estimate of drug-likeness (QED) is 0.711. The summed E-state index contributed by atoms with van der Waals surface area (Å²) in [5.41, 5.74) is 0.653. The van der Waals surface area contributed by atoms with Crippen molar-refractivity contribution in [2.45, 2.75) is 25.9 Å². The molecule has 1 amide bonds. The number of aldehydes is 1. The maximum atomic E-state index is 13.2. The first-order valence-electron chi connectivity index (χ1n) is 8.43. The van der Waals surface area contributed by atoms with Crippen LogP contribution in [0, 0.1) is 0 Å². The molecule has 2 aromatic rings. The second-order valence-electron chi connectivity index (χ2n) is 6.40. The highest BCUT2D eigenvalue weighted by molar-refractivity contribution is 8.10. The van der Waals surface area contributed by atoms with Crippen molar-refractivity contribution in [1.29, 1.82) is 0 Å². The first-order valence-corrected chi connectivity index (χ1v) is 9.31. The van der Waals surface area contributed by atoms with E-state index in [-0.39, 0.29) is 12.5 Å². The number of benzene rings is 1. The smallest absolute Gasteiger partial charge is 0.277 e. The fourth-order valence-corrected chi connectivity index (χ4v) is 3.53. The fourth-order valence-electron chi connectivity index (χ4n) is 3.01. The van der Waals surface area contributed by atoms with Crippen LogP contribution in [0.1, 0.15) is 30.0 Å². The van der Waals surface area contributed by atoms with Crippen molar-refractivity contribution >= 4 is 34.5 Å². The molecule has 140 valence electrons. The van der Waals surface area contributed by atoms with Crippen LogP contribution in [0.4, 0.5) is 5.69 Å². The van der Waals surface area contributed by atoms with Crippen LogP contribution in [0.3, 0.4) is 0 Å². The van der Waals surface area contributed by atoms with Crippen molar-refractivity contribution in [3.05, 3.63) is 59.8 Å². The van der Waals surface area contributed by atoms with E-state index in [4.69, 9.17) is 4.74 Å². The summed E-state index contributed by atoms with van der Waals surface area (Å²) in [5, 5.41) is 6.39. The molecular formula is C20H21N3O3S. The Kier molecular flexibility index (Phi) is 5.23. The minimum absolute atomic E-state index is 0.269. The van der Waals surface area contributed by atoms with E-state index >= 15 is 0 Å². The van der Waals surface area contributed by atoms with Gasteiger partial charge in [-0.05, 0) is 49.6 Å². The van der Waals surface area contributed by atoms with Crippen molar-refractivity contribution in [3.63, 3.8) is 0 Å². The van der Waals surface area contributed by atoms with Crippen LogP contribution in [-0.2, 0) is 11.3 Å². The highest BCUT2D eigenvalue weighted by Gasteiger charge is 2.43. The number of allylic oxidation sites excluding steroid dienone is 1. The van der Waals surface area contributed by atoms with E-state index in [0.717, 1.165) is 11.2 Å². The third-order valence-corrected chi connectivity index (χ3v) is 5.30. The Labute approximate surface area is 162 Å². The molecule has 1 atom stereocenters. The topological polar surface area (TPSA) is 64.4 Å². The molecule has 1 aliphatic rings. The van der Waals surface area contributed by atoms with Gasteiger partial charge >= 0.3 is 0 Å². The molecule has 0 spiro atoms. The predicted octanol–water partition coefficient (Wildman–Crippen LogP) is 3.75. The molecule has 0 aliphatic carbocycles. The summed E-state index contributed by atoms with van der Waals surface area (Å²) in [6, 6.07) is 8.79. The van der Waals surface area contributed by atoms with E-state index in [1.54, 1.807) is 49.0 Å². The highest BCUT2D eigenvalue weighted by Crippen LogP contribution is 2.34. The van der Waals surface area contributed by atoms with Gasteiger partial charge in [0.25, 0.3) is 5.91 Å². The third-order valence-electron chi connectivity index (χ3n) is 4.40. The zero-order valence-electron chi connectivity index (χ0n) is 15.5. The van der Waals surface area contributed by atoms with E-state index in [2.05, 4.69) is 11.7 Å². The molecule has 3 rings (SSSR count). The average Bonchev–Trinajstić information content (AvgIpc) is 3.10. The van der Waals surface area contributed by atoms with Gasteiger partial charge in [0.15, 0.2) is 0 Å². The molecule has 0 saturated heterocycles. The van der Waals surface area contributed by atoms with Gasteiger partial charge in [-0.2, -0.15) is 5.10 Å². The summed E-state index contributed by atoms with van der Waals surface area (Å²) in [6.07, 6.45) is 2.70. The largest absolute Gasteiger partial charge is 0.497 e. The summed E-state index contributed by atoms with van der Waals surface area (Å²) in [4.78, 5) is 27.4. The lowest BCUT2D eigenvalue weighted by molar-refractivity contribution is -0.112. The lowest BCUT2D eigenvalue weighted by Gasteiger charge is -2.40. The van der Waals surface area contributed by atoms with Gasteiger partial charge in [-0.1, -0.05) is 24.4 Å². The van der Waals surface area contributed by atoms with Gasteiger partial charge in [0.2, 0.25) is 0 Å². The van der Waals surface area contributed by atoms with Gasteiger partial charge in [0.05, 0.1) is 19.3 Å². The Bertz CT molecular complexity index is 917. The molecular weight excluding hydrogens is 362 g/mol. The number of aromatic nitrogens is 2. The van der Waals surface area contributed by atoms with E-state index in [0.29, 0.717) is 22.8 Å². The second kappa shape index (κ2) is 7.44. The number of hydrogen-bond donors (Lipinski definition) is 0. The van der Waals surface area contributed by atoms with Crippen molar-refractivity contribution in [2.24, 2.45) is 0 Å². The summed E-state index contributed by atoms with van der Waals surface area (Å²) < 4.78 is 6.77.